The monoisotopic (exact) mass is 243 g/mol. The van der Waals surface area contributed by atoms with Gasteiger partial charge in [-0.15, -0.1) is 0 Å². The average Bonchev–Trinajstić information content (AvgIpc) is 2.27. The minimum absolute atomic E-state index is 0.0115. The molecule has 100 valence electrons. The van der Waals surface area contributed by atoms with E-state index in [1.807, 2.05) is 0 Å². The third-order valence-corrected chi connectivity index (χ3v) is 2.50. The van der Waals surface area contributed by atoms with Crippen molar-refractivity contribution in [1.29, 1.82) is 0 Å². The van der Waals surface area contributed by atoms with E-state index in [0.717, 1.165) is 6.42 Å². The molecule has 0 fully saturated rings. The molecule has 0 saturated heterocycles. The lowest BCUT2D eigenvalue weighted by atomic mass is 10.1. The van der Waals surface area contributed by atoms with Crippen molar-refractivity contribution >= 4 is 11.8 Å². The van der Waals surface area contributed by atoms with Crippen LogP contribution < -0.4 is 16.0 Å². The number of amides is 2. The zero-order valence-electron chi connectivity index (χ0n) is 11.3. The van der Waals surface area contributed by atoms with E-state index in [4.69, 9.17) is 0 Å². The van der Waals surface area contributed by atoms with Gasteiger partial charge in [0.2, 0.25) is 11.8 Å². The normalized spacial score (nSPS) is 12.3. The Kier molecular flexibility index (Phi) is 8.40. The number of carbonyl (C=O) groups is 2. The highest BCUT2D eigenvalue weighted by Gasteiger charge is 2.11. The van der Waals surface area contributed by atoms with Crippen LogP contribution in [-0.4, -0.2) is 38.0 Å². The number of hydrogen-bond donors (Lipinski definition) is 3. The van der Waals surface area contributed by atoms with E-state index in [1.54, 1.807) is 14.0 Å². The van der Waals surface area contributed by atoms with Crippen LogP contribution in [0.15, 0.2) is 0 Å². The van der Waals surface area contributed by atoms with Gasteiger partial charge in [-0.1, -0.05) is 13.8 Å². The first-order valence-corrected chi connectivity index (χ1v) is 6.19. The van der Waals surface area contributed by atoms with Crippen LogP contribution in [0.25, 0.3) is 0 Å². The molecule has 0 heterocycles. The van der Waals surface area contributed by atoms with Crippen molar-refractivity contribution in [3.63, 3.8) is 0 Å². The first-order valence-electron chi connectivity index (χ1n) is 6.19. The molecule has 0 saturated carbocycles. The minimum Gasteiger partial charge on any atom is -0.359 e. The summed E-state index contributed by atoms with van der Waals surface area (Å²) in [6.07, 6.45) is 1.37. The lowest BCUT2D eigenvalue weighted by molar-refractivity contribution is -0.123. The van der Waals surface area contributed by atoms with Gasteiger partial charge < -0.3 is 16.0 Å². The molecule has 17 heavy (non-hydrogen) atoms. The van der Waals surface area contributed by atoms with E-state index >= 15 is 0 Å². The Labute approximate surface area is 104 Å². The Morgan fingerprint density at radius 2 is 1.76 bits per heavy atom. The average molecular weight is 243 g/mol. The predicted octanol–water partition coefficient (Wildman–Crippen LogP) is 0.263. The molecule has 5 nitrogen and oxygen atoms in total. The predicted molar refractivity (Wildman–Crippen MR) is 68.6 cm³/mol. The van der Waals surface area contributed by atoms with Gasteiger partial charge in [-0.05, 0) is 19.3 Å². The van der Waals surface area contributed by atoms with Crippen molar-refractivity contribution in [2.45, 2.75) is 39.7 Å². The zero-order chi connectivity index (χ0) is 13.3. The fourth-order valence-electron chi connectivity index (χ4n) is 1.26. The van der Waals surface area contributed by atoms with E-state index in [9.17, 15) is 9.59 Å². The molecule has 5 heteroatoms. The zero-order valence-corrected chi connectivity index (χ0v) is 11.3. The smallest absolute Gasteiger partial charge is 0.236 e. The van der Waals surface area contributed by atoms with E-state index in [0.29, 0.717) is 25.4 Å². The topological polar surface area (TPSA) is 70.2 Å². The molecule has 0 aliphatic rings. The van der Waals surface area contributed by atoms with Crippen LogP contribution in [0.1, 0.15) is 33.6 Å². The molecule has 1 atom stereocenters. The molecule has 1 unspecified atom stereocenters. The first-order chi connectivity index (χ1) is 7.97. The fourth-order valence-corrected chi connectivity index (χ4v) is 1.26. The molecular formula is C12H25N3O2. The maximum atomic E-state index is 11.6. The Morgan fingerprint density at radius 3 is 2.29 bits per heavy atom. The first kappa shape index (κ1) is 15.9. The highest BCUT2D eigenvalue weighted by Crippen LogP contribution is 1.96. The van der Waals surface area contributed by atoms with Crippen molar-refractivity contribution in [3.05, 3.63) is 0 Å². The SMILES string of the molecule is CNC(=O)CCNC(C)C(=O)NCCC(C)C. The van der Waals surface area contributed by atoms with Crippen LogP contribution in [0.2, 0.25) is 0 Å². The van der Waals surface area contributed by atoms with Crippen LogP contribution in [0.4, 0.5) is 0 Å². The van der Waals surface area contributed by atoms with Crippen molar-refractivity contribution in [3.8, 4) is 0 Å². The summed E-state index contributed by atoms with van der Waals surface area (Å²) in [5.41, 5.74) is 0. The lowest BCUT2D eigenvalue weighted by Gasteiger charge is -2.14. The maximum absolute atomic E-state index is 11.6. The molecule has 0 aromatic heterocycles. The number of rotatable bonds is 8. The molecule has 0 aromatic rings. The molecular weight excluding hydrogens is 218 g/mol. The van der Waals surface area contributed by atoms with Gasteiger partial charge in [-0.25, -0.2) is 0 Å². The maximum Gasteiger partial charge on any atom is 0.236 e. The summed E-state index contributed by atoms with van der Waals surface area (Å²) in [5.74, 6) is 0.555. The number of hydrogen-bond acceptors (Lipinski definition) is 3. The van der Waals surface area contributed by atoms with Crippen molar-refractivity contribution in [1.82, 2.24) is 16.0 Å². The standard InChI is InChI=1S/C12H25N3O2/c1-9(2)5-7-15-12(17)10(3)14-8-6-11(16)13-4/h9-10,14H,5-8H2,1-4H3,(H,13,16)(H,15,17). The summed E-state index contributed by atoms with van der Waals surface area (Å²) in [7, 11) is 1.60. The summed E-state index contributed by atoms with van der Waals surface area (Å²) in [6.45, 7) is 7.26. The van der Waals surface area contributed by atoms with Crippen LogP contribution in [0.5, 0.6) is 0 Å². The molecule has 3 N–H and O–H groups in total. The van der Waals surface area contributed by atoms with E-state index in [2.05, 4.69) is 29.8 Å². The van der Waals surface area contributed by atoms with Crippen LogP contribution in [0.3, 0.4) is 0 Å². The van der Waals surface area contributed by atoms with E-state index in [1.165, 1.54) is 0 Å². The second-order valence-corrected chi connectivity index (χ2v) is 4.57. The third-order valence-electron chi connectivity index (χ3n) is 2.50. The van der Waals surface area contributed by atoms with Gasteiger partial charge in [-0.2, -0.15) is 0 Å². The van der Waals surface area contributed by atoms with Gasteiger partial charge in [0.05, 0.1) is 6.04 Å². The number of nitrogens with one attached hydrogen (secondary N) is 3. The second kappa shape index (κ2) is 8.98. The van der Waals surface area contributed by atoms with Gasteiger partial charge in [0, 0.05) is 26.6 Å². The van der Waals surface area contributed by atoms with Gasteiger partial charge in [0.1, 0.15) is 0 Å². The minimum atomic E-state index is -0.258. The summed E-state index contributed by atoms with van der Waals surface area (Å²) in [6, 6.07) is -0.258. The molecule has 0 radical (unpaired) electrons. The molecule has 0 rings (SSSR count). The Balaban J connectivity index is 3.63. The summed E-state index contributed by atoms with van der Waals surface area (Å²) in [5, 5.41) is 8.41. The van der Waals surface area contributed by atoms with Crippen LogP contribution >= 0.6 is 0 Å². The highest BCUT2D eigenvalue weighted by atomic mass is 16.2. The van der Waals surface area contributed by atoms with Crippen LogP contribution in [-0.2, 0) is 9.59 Å². The summed E-state index contributed by atoms with van der Waals surface area (Å²) in [4.78, 5) is 22.6. The van der Waals surface area contributed by atoms with Gasteiger partial charge in [-0.3, -0.25) is 9.59 Å². The third kappa shape index (κ3) is 8.68. The Hall–Kier alpha value is -1.10. The van der Waals surface area contributed by atoms with Crippen molar-refractivity contribution in [2.75, 3.05) is 20.1 Å². The largest absolute Gasteiger partial charge is 0.359 e. The highest BCUT2D eigenvalue weighted by molar-refractivity contribution is 5.81. The van der Waals surface area contributed by atoms with Gasteiger partial charge in [0.15, 0.2) is 0 Å². The van der Waals surface area contributed by atoms with E-state index in [-0.39, 0.29) is 17.9 Å². The molecule has 0 aliphatic heterocycles. The van der Waals surface area contributed by atoms with Crippen LogP contribution in [0, 0.1) is 5.92 Å². The molecule has 2 amide bonds. The fraction of sp³-hybridized carbons (Fsp3) is 0.833. The summed E-state index contributed by atoms with van der Waals surface area (Å²) >= 11 is 0. The Morgan fingerprint density at radius 1 is 1.12 bits per heavy atom. The second-order valence-electron chi connectivity index (χ2n) is 4.57. The Bertz CT molecular complexity index is 242. The van der Waals surface area contributed by atoms with Crippen molar-refractivity contribution in [2.24, 2.45) is 5.92 Å². The quantitative estimate of drug-likeness (QED) is 0.573. The van der Waals surface area contributed by atoms with Gasteiger partial charge in [0.25, 0.3) is 0 Å². The lowest BCUT2D eigenvalue weighted by Crippen LogP contribution is -2.43. The van der Waals surface area contributed by atoms with E-state index < -0.39 is 0 Å². The molecule has 0 aromatic carbocycles. The van der Waals surface area contributed by atoms with Gasteiger partial charge >= 0.3 is 0 Å². The summed E-state index contributed by atoms with van der Waals surface area (Å²) < 4.78 is 0. The molecule has 0 aliphatic carbocycles. The molecule has 0 bridgehead atoms. The molecule has 0 spiro atoms. The number of carbonyl (C=O) groups excluding carboxylic acids is 2. The van der Waals surface area contributed by atoms with Crippen molar-refractivity contribution < 1.29 is 9.59 Å².